The van der Waals surface area contributed by atoms with Gasteiger partial charge in [0.2, 0.25) is 0 Å². The summed E-state index contributed by atoms with van der Waals surface area (Å²) < 4.78 is 28.8. The molecule has 9 heteroatoms. The van der Waals surface area contributed by atoms with Crippen molar-refractivity contribution in [3.63, 3.8) is 0 Å². The van der Waals surface area contributed by atoms with E-state index in [9.17, 15) is 8.42 Å². The Kier molecular flexibility index (Phi) is 7.49. The Bertz CT molecular complexity index is 615. The van der Waals surface area contributed by atoms with Crippen LogP contribution in [0.15, 0.2) is 28.2 Å². The highest BCUT2D eigenvalue weighted by Gasteiger charge is 2.15. The van der Waals surface area contributed by atoms with Crippen LogP contribution in [0.2, 0.25) is 0 Å². The smallest absolute Gasteiger partial charge is 0.189 e. The minimum Gasteiger partial charge on any atom is -0.376 e. The number of ether oxygens (including phenoxy) is 1. The summed E-state index contributed by atoms with van der Waals surface area (Å²) in [6.45, 7) is 1.51. The first-order valence-corrected chi connectivity index (χ1v) is 8.65. The number of guanidine groups is 1. The Balaban J connectivity index is 0.00000242. The van der Waals surface area contributed by atoms with E-state index in [4.69, 9.17) is 10.5 Å². The van der Waals surface area contributed by atoms with Gasteiger partial charge in [-0.1, -0.05) is 0 Å². The van der Waals surface area contributed by atoms with E-state index >= 15 is 0 Å². The highest BCUT2D eigenvalue weighted by atomic mass is 127. The number of sulfone groups is 1. The van der Waals surface area contributed by atoms with Crippen LogP contribution in [0, 0.1) is 0 Å². The fraction of sp³-hybridized carbons (Fsp3) is 0.538. The zero-order valence-corrected chi connectivity index (χ0v) is 15.5. The monoisotopic (exact) mass is 440 g/mol. The SMILES string of the molecule is CS(=O)(=O)c1cccnc1CN=C(N)NCC1CCCO1.I. The molecular formula is C13H21IN4O3S. The maximum atomic E-state index is 11.6. The molecule has 2 heterocycles. The van der Waals surface area contributed by atoms with Crippen LogP contribution in [-0.2, 0) is 21.1 Å². The molecule has 1 aromatic rings. The molecule has 1 atom stereocenters. The van der Waals surface area contributed by atoms with Crippen molar-refractivity contribution in [1.82, 2.24) is 10.3 Å². The average molecular weight is 440 g/mol. The number of hydrogen-bond acceptors (Lipinski definition) is 5. The van der Waals surface area contributed by atoms with E-state index in [0.29, 0.717) is 12.2 Å². The Hall–Kier alpha value is -0.940. The number of rotatable bonds is 5. The van der Waals surface area contributed by atoms with E-state index in [1.54, 1.807) is 6.07 Å². The Morgan fingerprint density at radius 3 is 3.00 bits per heavy atom. The molecule has 0 bridgehead atoms. The summed E-state index contributed by atoms with van der Waals surface area (Å²) in [6.07, 6.45) is 4.93. The van der Waals surface area contributed by atoms with Gasteiger partial charge >= 0.3 is 0 Å². The quantitative estimate of drug-likeness (QED) is 0.397. The molecule has 1 aliphatic rings. The second kappa shape index (κ2) is 8.63. The number of nitrogens with two attached hydrogens (primary N) is 1. The number of halogens is 1. The predicted octanol–water partition coefficient (Wildman–Crippen LogP) is 0.686. The van der Waals surface area contributed by atoms with Gasteiger partial charge in [-0.3, -0.25) is 4.98 Å². The maximum absolute atomic E-state index is 11.6. The van der Waals surface area contributed by atoms with Gasteiger partial charge in [0.25, 0.3) is 0 Å². The van der Waals surface area contributed by atoms with E-state index < -0.39 is 9.84 Å². The van der Waals surface area contributed by atoms with Gasteiger partial charge in [-0.15, -0.1) is 24.0 Å². The van der Waals surface area contributed by atoms with Crippen LogP contribution >= 0.6 is 24.0 Å². The topological polar surface area (TPSA) is 107 Å². The molecule has 0 amide bonds. The van der Waals surface area contributed by atoms with Gasteiger partial charge in [-0.25, -0.2) is 13.4 Å². The highest BCUT2D eigenvalue weighted by molar-refractivity contribution is 14.0. The van der Waals surface area contributed by atoms with Crippen molar-refractivity contribution < 1.29 is 13.2 Å². The minimum absolute atomic E-state index is 0. The maximum Gasteiger partial charge on any atom is 0.189 e. The number of nitrogens with one attached hydrogen (secondary N) is 1. The van der Waals surface area contributed by atoms with Crippen molar-refractivity contribution in [2.45, 2.75) is 30.4 Å². The number of aromatic nitrogens is 1. The lowest BCUT2D eigenvalue weighted by Gasteiger charge is -2.11. The molecule has 0 aromatic carbocycles. The zero-order valence-electron chi connectivity index (χ0n) is 12.4. The molecule has 0 radical (unpaired) electrons. The molecule has 1 unspecified atom stereocenters. The molecule has 0 spiro atoms. The third-order valence-corrected chi connectivity index (χ3v) is 4.35. The number of hydrogen-bond donors (Lipinski definition) is 2. The van der Waals surface area contributed by atoms with Crippen LogP contribution in [0.1, 0.15) is 18.5 Å². The summed E-state index contributed by atoms with van der Waals surface area (Å²) in [5, 5.41) is 2.98. The molecule has 1 aromatic heterocycles. The lowest BCUT2D eigenvalue weighted by Crippen LogP contribution is -2.37. The first-order chi connectivity index (χ1) is 9.97. The molecule has 0 aliphatic carbocycles. The molecule has 1 aliphatic heterocycles. The van der Waals surface area contributed by atoms with Crippen molar-refractivity contribution in [2.75, 3.05) is 19.4 Å². The lowest BCUT2D eigenvalue weighted by molar-refractivity contribution is 0.114. The lowest BCUT2D eigenvalue weighted by atomic mass is 10.2. The molecule has 0 saturated carbocycles. The van der Waals surface area contributed by atoms with Crippen LogP contribution < -0.4 is 11.1 Å². The van der Waals surface area contributed by atoms with Crippen LogP contribution in [-0.4, -0.2) is 44.9 Å². The number of pyridine rings is 1. The van der Waals surface area contributed by atoms with Crippen molar-refractivity contribution >= 4 is 39.8 Å². The van der Waals surface area contributed by atoms with Crippen LogP contribution in [0.3, 0.4) is 0 Å². The zero-order chi connectivity index (χ0) is 15.3. The van der Waals surface area contributed by atoms with E-state index in [1.165, 1.54) is 12.3 Å². The fourth-order valence-corrected chi connectivity index (χ4v) is 2.99. The Morgan fingerprint density at radius 2 is 2.36 bits per heavy atom. The van der Waals surface area contributed by atoms with E-state index in [-0.39, 0.29) is 47.5 Å². The average Bonchev–Trinajstić information content (AvgIpc) is 2.95. The van der Waals surface area contributed by atoms with Gasteiger partial charge in [0, 0.05) is 25.6 Å². The first kappa shape index (κ1) is 19.1. The predicted molar refractivity (Wildman–Crippen MR) is 95.1 cm³/mol. The molecule has 1 fully saturated rings. The summed E-state index contributed by atoms with van der Waals surface area (Å²) in [7, 11) is -3.32. The normalized spacial score (nSPS) is 18.8. The highest BCUT2D eigenvalue weighted by Crippen LogP contribution is 2.13. The molecule has 7 nitrogen and oxygen atoms in total. The van der Waals surface area contributed by atoms with Gasteiger partial charge in [0.05, 0.1) is 23.2 Å². The van der Waals surface area contributed by atoms with Gasteiger partial charge in [-0.2, -0.15) is 0 Å². The van der Waals surface area contributed by atoms with Crippen molar-refractivity contribution in [3.8, 4) is 0 Å². The summed E-state index contributed by atoms with van der Waals surface area (Å²) in [5.41, 5.74) is 6.16. The minimum atomic E-state index is -3.32. The number of aliphatic imine (C=N–C) groups is 1. The summed E-state index contributed by atoms with van der Waals surface area (Å²) in [5.74, 6) is 0.260. The van der Waals surface area contributed by atoms with Gasteiger partial charge in [0.15, 0.2) is 15.8 Å². The second-order valence-electron chi connectivity index (χ2n) is 4.94. The van der Waals surface area contributed by atoms with Crippen LogP contribution in [0.5, 0.6) is 0 Å². The molecular weight excluding hydrogens is 419 g/mol. The van der Waals surface area contributed by atoms with Crippen molar-refractivity contribution in [2.24, 2.45) is 10.7 Å². The van der Waals surface area contributed by atoms with Crippen LogP contribution in [0.4, 0.5) is 0 Å². The molecule has 1 saturated heterocycles. The van der Waals surface area contributed by atoms with Crippen LogP contribution in [0.25, 0.3) is 0 Å². The van der Waals surface area contributed by atoms with Gasteiger partial charge < -0.3 is 15.8 Å². The Labute approximate surface area is 147 Å². The number of nitrogens with zero attached hydrogens (tertiary/aromatic N) is 2. The van der Waals surface area contributed by atoms with Gasteiger partial charge in [-0.05, 0) is 25.0 Å². The first-order valence-electron chi connectivity index (χ1n) is 6.76. The molecule has 2 rings (SSSR count). The molecule has 124 valence electrons. The van der Waals surface area contributed by atoms with Crippen molar-refractivity contribution in [3.05, 3.63) is 24.0 Å². The van der Waals surface area contributed by atoms with Crippen molar-refractivity contribution in [1.29, 1.82) is 0 Å². The third kappa shape index (κ3) is 5.69. The second-order valence-corrected chi connectivity index (χ2v) is 6.92. The molecule has 22 heavy (non-hydrogen) atoms. The van der Waals surface area contributed by atoms with Gasteiger partial charge in [0.1, 0.15) is 0 Å². The summed E-state index contributed by atoms with van der Waals surface area (Å²) in [4.78, 5) is 8.37. The van der Waals surface area contributed by atoms with E-state index in [0.717, 1.165) is 25.7 Å². The summed E-state index contributed by atoms with van der Waals surface area (Å²) >= 11 is 0. The van der Waals surface area contributed by atoms with E-state index in [1.807, 2.05) is 0 Å². The fourth-order valence-electron chi connectivity index (χ4n) is 2.12. The van der Waals surface area contributed by atoms with E-state index in [2.05, 4.69) is 15.3 Å². The summed E-state index contributed by atoms with van der Waals surface area (Å²) in [6, 6.07) is 3.10. The molecule has 3 N–H and O–H groups in total. The Morgan fingerprint density at radius 1 is 1.59 bits per heavy atom. The standard InChI is InChI=1S/C13H20N4O3S.HI/c1-21(18,19)12-5-2-6-15-11(12)9-17-13(14)16-8-10-4-3-7-20-10;/h2,5-6,10H,3-4,7-9H2,1H3,(H3,14,16,17);1H. The largest absolute Gasteiger partial charge is 0.376 e. The third-order valence-electron chi connectivity index (χ3n) is 3.18.